The van der Waals surface area contributed by atoms with Crippen molar-refractivity contribution >= 4 is 15.9 Å². The van der Waals surface area contributed by atoms with E-state index in [1.807, 2.05) is 0 Å². The maximum atomic E-state index is 12.1. The SMILES string of the molecule is CC(=O)N(CCc1noc(CC(C)C)n1)C1CCCN(S(C)(=O)=O)C1. The van der Waals surface area contributed by atoms with Gasteiger partial charge in [-0.15, -0.1) is 0 Å². The summed E-state index contributed by atoms with van der Waals surface area (Å²) in [5.41, 5.74) is 0. The van der Waals surface area contributed by atoms with Crippen molar-refractivity contribution in [3.8, 4) is 0 Å². The van der Waals surface area contributed by atoms with E-state index < -0.39 is 10.0 Å². The molecule has 1 fully saturated rings. The molecule has 1 saturated heterocycles. The Morgan fingerprint density at radius 3 is 2.76 bits per heavy atom. The molecule has 2 heterocycles. The molecule has 1 amide bonds. The van der Waals surface area contributed by atoms with Crippen LogP contribution in [0.2, 0.25) is 0 Å². The highest BCUT2D eigenvalue weighted by Crippen LogP contribution is 2.19. The molecule has 0 radical (unpaired) electrons. The van der Waals surface area contributed by atoms with Crippen molar-refractivity contribution in [2.45, 2.75) is 52.5 Å². The Labute approximate surface area is 149 Å². The van der Waals surface area contributed by atoms with Gasteiger partial charge in [0.25, 0.3) is 0 Å². The Kier molecular flexibility index (Phi) is 6.56. The number of nitrogens with zero attached hydrogens (tertiary/aromatic N) is 4. The number of carbonyl (C=O) groups excluding carboxylic acids is 1. The van der Waals surface area contributed by atoms with Crippen LogP contribution in [0, 0.1) is 5.92 Å². The van der Waals surface area contributed by atoms with Crippen LogP contribution in [0.25, 0.3) is 0 Å². The molecule has 0 aliphatic carbocycles. The highest BCUT2D eigenvalue weighted by molar-refractivity contribution is 7.88. The molecule has 8 nitrogen and oxygen atoms in total. The minimum atomic E-state index is -3.24. The van der Waals surface area contributed by atoms with Gasteiger partial charge in [-0.2, -0.15) is 4.98 Å². The lowest BCUT2D eigenvalue weighted by atomic mass is 10.1. The molecule has 2 rings (SSSR count). The van der Waals surface area contributed by atoms with Crippen LogP contribution in [0.4, 0.5) is 0 Å². The van der Waals surface area contributed by atoms with Crippen LogP contribution in [-0.2, 0) is 27.7 Å². The molecule has 0 aromatic carbocycles. The summed E-state index contributed by atoms with van der Waals surface area (Å²) in [6, 6.07) is -0.108. The van der Waals surface area contributed by atoms with Gasteiger partial charge in [0, 0.05) is 45.4 Å². The van der Waals surface area contributed by atoms with Gasteiger partial charge in [-0.25, -0.2) is 12.7 Å². The maximum Gasteiger partial charge on any atom is 0.226 e. The van der Waals surface area contributed by atoms with E-state index in [9.17, 15) is 13.2 Å². The summed E-state index contributed by atoms with van der Waals surface area (Å²) in [5.74, 6) is 1.57. The summed E-state index contributed by atoms with van der Waals surface area (Å²) < 4.78 is 30.2. The van der Waals surface area contributed by atoms with Crippen molar-refractivity contribution in [3.63, 3.8) is 0 Å². The van der Waals surface area contributed by atoms with Crippen molar-refractivity contribution < 1.29 is 17.7 Å². The number of rotatable bonds is 7. The molecule has 0 bridgehead atoms. The first-order valence-electron chi connectivity index (χ1n) is 8.70. The fraction of sp³-hybridized carbons (Fsp3) is 0.812. The Morgan fingerprint density at radius 2 is 2.16 bits per heavy atom. The average molecular weight is 372 g/mol. The van der Waals surface area contributed by atoms with Crippen LogP contribution in [0.1, 0.15) is 45.3 Å². The number of hydrogen-bond acceptors (Lipinski definition) is 6. The van der Waals surface area contributed by atoms with Gasteiger partial charge in [-0.1, -0.05) is 19.0 Å². The Hall–Kier alpha value is -1.48. The standard InChI is InChI=1S/C16H28N4O4S/c1-12(2)10-16-17-15(18-24-16)7-9-20(13(3)21)14-6-5-8-19(11-14)25(4,22)23/h12,14H,5-11H2,1-4H3. The van der Waals surface area contributed by atoms with E-state index in [2.05, 4.69) is 24.0 Å². The molecule has 142 valence electrons. The van der Waals surface area contributed by atoms with Crippen LogP contribution >= 0.6 is 0 Å². The Bertz CT molecular complexity index is 686. The van der Waals surface area contributed by atoms with Crippen LogP contribution in [-0.4, -0.2) is 65.6 Å². The second-order valence-corrected chi connectivity index (χ2v) is 9.06. The second kappa shape index (κ2) is 8.27. The zero-order valence-electron chi connectivity index (χ0n) is 15.4. The fourth-order valence-corrected chi connectivity index (χ4v) is 4.02. The predicted molar refractivity (Wildman–Crippen MR) is 93.4 cm³/mol. The van der Waals surface area contributed by atoms with Crippen molar-refractivity contribution in [2.75, 3.05) is 25.9 Å². The van der Waals surface area contributed by atoms with Crippen LogP contribution in [0.5, 0.6) is 0 Å². The first-order chi connectivity index (χ1) is 11.7. The van der Waals surface area contributed by atoms with Crippen LogP contribution in [0.15, 0.2) is 4.52 Å². The monoisotopic (exact) mass is 372 g/mol. The first kappa shape index (κ1) is 19.8. The van der Waals surface area contributed by atoms with Gasteiger partial charge >= 0.3 is 0 Å². The van der Waals surface area contributed by atoms with Gasteiger partial charge in [-0.3, -0.25) is 4.79 Å². The van der Waals surface area contributed by atoms with Crippen molar-refractivity contribution in [1.82, 2.24) is 19.3 Å². The topological polar surface area (TPSA) is 96.6 Å². The van der Waals surface area contributed by atoms with E-state index in [0.717, 1.165) is 19.3 Å². The highest BCUT2D eigenvalue weighted by Gasteiger charge is 2.30. The molecule has 1 aromatic heterocycles. The first-order valence-corrected chi connectivity index (χ1v) is 10.6. The number of amides is 1. The minimum absolute atomic E-state index is 0.0637. The smallest absolute Gasteiger partial charge is 0.226 e. The predicted octanol–water partition coefficient (Wildman–Crippen LogP) is 1.08. The lowest BCUT2D eigenvalue weighted by Gasteiger charge is -2.37. The molecular weight excluding hydrogens is 344 g/mol. The zero-order chi connectivity index (χ0) is 18.6. The summed E-state index contributed by atoms with van der Waals surface area (Å²) in [4.78, 5) is 18.2. The normalized spacial score (nSPS) is 19.3. The van der Waals surface area contributed by atoms with Crippen molar-refractivity contribution in [2.24, 2.45) is 5.92 Å². The van der Waals surface area contributed by atoms with Gasteiger partial charge in [-0.05, 0) is 18.8 Å². The summed E-state index contributed by atoms with van der Waals surface area (Å²) >= 11 is 0. The summed E-state index contributed by atoms with van der Waals surface area (Å²) in [6.07, 6.45) is 3.99. The third-order valence-electron chi connectivity index (χ3n) is 4.34. The molecule has 0 spiro atoms. The lowest BCUT2D eigenvalue weighted by molar-refractivity contribution is -0.131. The van der Waals surface area contributed by atoms with Gasteiger partial charge in [0.15, 0.2) is 5.82 Å². The van der Waals surface area contributed by atoms with Gasteiger partial charge < -0.3 is 9.42 Å². The number of carbonyl (C=O) groups is 1. The van der Waals surface area contributed by atoms with Gasteiger partial charge in [0.2, 0.25) is 21.8 Å². The van der Waals surface area contributed by atoms with E-state index in [0.29, 0.717) is 43.7 Å². The van der Waals surface area contributed by atoms with E-state index in [-0.39, 0.29) is 11.9 Å². The Balaban J connectivity index is 1.99. The molecule has 0 N–H and O–H groups in total. The third kappa shape index (κ3) is 5.78. The summed E-state index contributed by atoms with van der Waals surface area (Å²) in [6.45, 7) is 7.00. The third-order valence-corrected chi connectivity index (χ3v) is 5.61. The average Bonchev–Trinajstić information content (AvgIpc) is 2.93. The second-order valence-electron chi connectivity index (χ2n) is 7.08. The molecule has 9 heteroatoms. The molecule has 1 unspecified atom stereocenters. The van der Waals surface area contributed by atoms with E-state index >= 15 is 0 Å². The molecule has 0 saturated carbocycles. The van der Waals surface area contributed by atoms with Crippen molar-refractivity contribution in [3.05, 3.63) is 11.7 Å². The van der Waals surface area contributed by atoms with Crippen LogP contribution < -0.4 is 0 Å². The zero-order valence-corrected chi connectivity index (χ0v) is 16.3. The number of sulfonamides is 1. The lowest BCUT2D eigenvalue weighted by Crippen LogP contribution is -2.51. The van der Waals surface area contributed by atoms with Crippen molar-refractivity contribution in [1.29, 1.82) is 0 Å². The maximum absolute atomic E-state index is 12.1. The van der Waals surface area contributed by atoms with E-state index in [1.165, 1.54) is 17.5 Å². The number of hydrogen-bond donors (Lipinski definition) is 0. The fourth-order valence-electron chi connectivity index (χ4n) is 3.12. The largest absolute Gasteiger partial charge is 0.339 e. The molecule has 1 aromatic rings. The van der Waals surface area contributed by atoms with E-state index in [1.54, 1.807) is 4.90 Å². The minimum Gasteiger partial charge on any atom is -0.339 e. The molecule has 1 aliphatic heterocycles. The molecule has 1 atom stereocenters. The molecule has 1 aliphatic rings. The molecular formula is C16H28N4O4S. The summed E-state index contributed by atoms with van der Waals surface area (Å²) in [7, 11) is -3.24. The van der Waals surface area contributed by atoms with Crippen LogP contribution in [0.3, 0.4) is 0 Å². The highest BCUT2D eigenvalue weighted by atomic mass is 32.2. The quantitative estimate of drug-likeness (QED) is 0.711. The van der Waals surface area contributed by atoms with E-state index in [4.69, 9.17) is 4.52 Å². The number of piperidine rings is 1. The van der Waals surface area contributed by atoms with Gasteiger partial charge in [0.1, 0.15) is 0 Å². The number of aromatic nitrogens is 2. The summed E-state index contributed by atoms with van der Waals surface area (Å²) in [5, 5.41) is 3.97. The van der Waals surface area contributed by atoms with Gasteiger partial charge in [0.05, 0.1) is 6.26 Å². The Morgan fingerprint density at radius 1 is 1.44 bits per heavy atom. The molecule has 25 heavy (non-hydrogen) atoms.